The highest BCUT2D eigenvalue weighted by Crippen LogP contribution is 2.18. The summed E-state index contributed by atoms with van der Waals surface area (Å²) >= 11 is 0. The molecule has 2 rings (SSSR count). The number of unbranched alkanes of at least 4 members (excludes halogenated alkanes) is 3. The van der Waals surface area contributed by atoms with Gasteiger partial charge >= 0.3 is 0 Å². The lowest BCUT2D eigenvalue weighted by molar-refractivity contribution is 0.0953. The Balaban J connectivity index is 1.80. The van der Waals surface area contributed by atoms with E-state index < -0.39 is 11.8 Å². The van der Waals surface area contributed by atoms with Gasteiger partial charge in [0.1, 0.15) is 11.5 Å². The van der Waals surface area contributed by atoms with Crippen LogP contribution in [0, 0.1) is 0 Å². The van der Waals surface area contributed by atoms with Crippen molar-refractivity contribution in [1.29, 1.82) is 0 Å². The number of carbonyl (C=O) groups excluding carboxylic acids is 2. The molecular weight excluding hydrogens is 336 g/mol. The molecule has 0 unspecified atom stereocenters. The van der Waals surface area contributed by atoms with Crippen LogP contribution in [0.1, 0.15) is 52.2 Å². The molecule has 0 aliphatic carbocycles. The molecule has 0 fully saturated rings. The molecule has 6 N–H and O–H groups in total. The number of hydrazine groups is 2. The van der Waals surface area contributed by atoms with Crippen LogP contribution in [0.5, 0.6) is 5.75 Å². The zero-order chi connectivity index (χ0) is 18.8. The number of aryl methyl sites for hydroxylation is 1. The topological polar surface area (TPSA) is 133 Å². The third-order valence-corrected chi connectivity index (χ3v) is 3.86. The van der Waals surface area contributed by atoms with Gasteiger partial charge in [-0.05, 0) is 43.2 Å². The van der Waals surface area contributed by atoms with Crippen LogP contribution in [0.15, 0.2) is 41.0 Å². The summed E-state index contributed by atoms with van der Waals surface area (Å²) in [4.78, 5) is 23.4. The van der Waals surface area contributed by atoms with Gasteiger partial charge in [0.25, 0.3) is 11.8 Å². The van der Waals surface area contributed by atoms with E-state index in [1.54, 1.807) is 6.26 Å². The third-order valence-electron chi connectivity index (χ3n) is 3.86. The first kappa shape index (κ1) is 19.5. The molecule has 0 aliphatic heterocycles. The molecule has 8 nitrogen and oxygen atoms in total. The van der Waals surface area contributed by atoms with Crippen LogP contribution >= 0.6 is 0 Å². The van der Waals surface area contributed by atoms with E-state index in [9.17, 15) is 9.59 Å². The number of benzene rings is 1. The number of hydrogen-bond donors (Lipinski definition) is 4. The van der Waals surface area contributed by atoms with Crippen molar-refractivity contribution in [2.75, 3.05) is 6.61 Å². The summed E-state index contributed by atoms with van der Waals surface area (Å²) in [7, 11) is 0. The maximum atomic E-state index is 11.7. The molecule has 0 saturated heterocycles. The number of nitrogens with one attached hydrogen (secondary N) is 2. The summed E-state index contributed by atoms with van der Waals surface area (Å²) in [5, 5.41) is 0. The first-order chi connectivity index (χ1) is 12.6. The molecule has 140 valence electrons. The molecule has 0 bridgehead atoms. The normalized spacial score (nSPS) is 10.4. The monoisotopic (exact) mass is 360 g/mol. The average Bonchev–Trinajstić information content (AvgIpc) is 3.19. The molecule has 0 spiro atoms. The summed E-state index contributed by atoms with van der Waals surface area (Å²) in [6, 6.07) is 8.33. The number of rotatable bonds is 10. The van der Waals surface area contributed by atoms with Gasteiger partial charge in [-0.1, -0.05) is 12.8 Å². The molecule has 1 aromatic carbocycles. The highest BCUT2D eigenvalue weighted by Gasteiger charge is 2.12. The van der Waals surface area contributed by atoms with Crippen LogP contribution in [-0.4, -0.2) is 18.4 Å². The van der Waals surface area contributed by atoms with Gasteiger partial charge in [0, 0.05) is 17.5 Å². The second kappa shape index (κ2) is 10.2. The van der Waals surface area contributed by atoms with Crippen molar-refractivity contribution < 1.29 is 18.7 Å². The number of nitrogens with two attached hydrogens (primary N) is 2. The lowest BCUT2D eigenvalue weighted by Gasteiger charge is -2.10. The van der Waals surface area contributed by atoms with Crippen LogP contribution in [0.3, 0.4) is 0 Å². The second-order valence-corrected chi connectivity index (χ2v) is 5.79. The Labute approximate surface area is 151 Å². The van der Waals surface area contributed by atoms with Gasteiger partial charge in [-0.3, -0.25) is 20.4 Å². The summed E-state index contributed by atoms with van der Waals surface area (Å²) in [6.07, 6.45) is 6.62. The Kier molecular flexibility index (Phi) is 7.66. The molecule has 1 heterocycles. The Morgan fingerprint density at radius 2 is 1.62 bits per heavy atom. The molecule has 26 heavy (non-hydrogen) atoms. The van der Waals surface area contributed by atoms with E-state index in [2.05, 4.69) is 0 Å². The van der Waals surface area contributed by atoms with E-state index in [0.717, 1.165) is 37.9 Å². The molecule has 1 aromatic heterocycles. The zero-order valence-electron chi connectivity index (χ0n) is 14.5. The van der Waals surface area contributed by atoms with Gasteiger partial charge in [0.2, 0.25) is 0 Å². The van der Waals surface area contributed by atoms with E-state index in [4.69, 9.17) is 20.8 Å². The van der Waals surface area contributed by atoms with Crippen LogP contribution in [0.25, 0.3) is 0 Å². The molecule has 0 aliphatic rings. The Bertz CT molecular complexity index is 682. The summed E-state index contributed by atoms with van der Waals surface area (Å²) in [6.45, 7) is 0.484. The van der Waals surface area contributed by atoms with Gasteiger partial charge < -0.3 is 9.15 Å². The first-order valence-electron chi connectivity index (χ1n) is 8.46. The lowest BCUT2D eigenvalue weighted by atomic mass is 10.1. The Hall–Kier alpha value is -2.84. The SMILES string of the molecule is NNC(=O)c1cc(OCCCCCCc2ccco2)cc(C(=O)NN)c1. The molecule has 8 heteroatoms. The smallest absolute Gasteiger partial charge is 0.265 e. The lowest BCUT2D eigenvalue weighted by Crippen LogP contribution is -2.32. The number of nitrogen functional groups attached to an aromatic ring is 2. The summed E-state index contributed by atoms with van der Waals surface area (Å²) in [5.74, 6) is 10.7. The van der Waals surface area contributed by atoms with Crippen molar-refractivity contribution in [3.05, 3.63) is 53.5 Å². The van der Waals surface area contributed by atoms with Gasteiger partial charge in [-0.25, -0.2) is 11.7 Å². The highest BCUT2D eigenvalue weighted by atomic mass is 16.5. The predicted octanol–water partition coefficient (Wildman–Crippen LogP) is 1.67. The van der Waals surface area contributed by atoms with Crippen molar-refractivity contribution >= 4 is 11.8 Å². The number of carbonyl (C=O) groups is 2. The molecule has 2 amide bonds. The average molecular weight is 360 g/mol. The third kappa shape index (κ3) is 5.91. The van der Waals surface area contributed by atoms with Crippen molar-refractivity contribution in [1.82, 2.24) is 10.9 Å². The van der Waals surface area contributed by atoms with Crippen LogP contribution in [0.4, 0.5) is 0 Å². The molecular formula is C18H24N4O4. The molecule has 0 saturated carbocycles. The fourth-order valence-corrected chi connectivity index (χ4v) is 2.51. The number of furan rings is 1. The quantitative estimate of drug-likeness (QED) is 0.220. The Morgan fingerprint density at radius 1 is 0.962 bits per heavy atom. The van der Waals surface area contributed by atoms with Gasteiger partial charge in [-0.2, -0.15) is 0 Å². The minimum atomic E-state index is -0.514. The fourth-order valence-electron chi connectivity index (χ4n) is 2.51. The number of hydrogen-bond acceptors (Lipinski definition) is 6. The van der Waals surface area contributed by atoms with Gasteiger partial charge in [0.15, 0.2) is 0 Å². The van der Waals surface area contributed by atoms with E-state index in [0.29, 0.717) is 12.4 Å². The van der Waals surface area contributed by atoms with Crippen LogP contribution < -0.4 is 27.3 Å². The fraction of sp³-hybridized carbons (Fsp3) is 0.333. The van der Waals surface area contributed by atoms with Crippen LogP contribution in [-0.2, 0) is 6.42 Å². The Morgan fingerprint density at radius 3 is 2.19 bits per heavy atom. The van der Waals surface area contributed by atoms with Gasteiger partial charge in [-0.15, -0.1) is 0 Å². The zero-order valence-corrected chi connectivity index (χ0v) is 14.5. The van der Waals surface area contributed by atoms with E-state index >= 15 is 0 Å². The molecule has 0 radical (unpaired) electrons. The minimum absolute atomic E-state index is 0.224. The van der Waals surface area contributed by atoms with Gasteiger partial charge in [0.05, 0.1) is 12.9 Å². The van der Waals surface area contributed by atoms with E-state index in [1.165, 1.54) is 18.2 Å². The number of ether oxygens (including phenoxy) is 1. The van der Waals surface area contributed by atoms with E-state index in [1.807, 2.05) is 23.0 Å². The second-order valence-electron chi connectivity index (χ2n) is 5.79. The minimum Gasteiger partial charge on any atom is -0.494 e. The maximum absolute atomic E-state index is 11.7. The highest BCUT2D eigenvalue weighted by molar-refractivity contribution is 5.99. The van der Waals surface area contributed by atoms with Crippen molar-refractivity contribution in [3.8, 4) is 5.75 Å². The summed E-state index contributed by atoms with van der Waals surface area (Å²) < 4.78 is 11.0. The summed E-state index contributed by atoms with van der Waals surface area (Å²) in [5.41, 5.74) is 4.51. The number of amides is 2. The van der Waals surface area contributed by atoms with Crippen molar-refractivity contribution in [3.63, 3.8) is 0 Å². The van der Waals surface area contributed by atoms with Crippen LogP contribution in [0.2, 0.25) is 0 Å². The van der Waals surface area contributed by atoms with E-state index in [-0.39, 0.29) is 11.1 Å². The standard InChI is InChI=1S/C18H24N4O4/c19-21-17(23)13-10-14(18(24)22-20)12-16(11-13)26-8-4-2-1-3-6-15-7-5-9-25-15/h5,7,9-12H,1-4,6,8,19-20H2,(H,21,23)(H,22,24). The maximum Gasteiger partial charge on any atom is 0.265 e. The van der Waals surface area contributed by atoms with Crippen molar-refractivity contribution in [2.24, 2.45) is 11.7 Å². The largest absolute Gasteiger partial charge is 0.494 e. The first-order valence-corrected chi connectivity index (χ1v) is 8.46. The molecule has 2 aromatic rings. The molecule has 0 atom stereocenters. The predicted molar refractivity (Wildman–Crippen MR) is 96.1 cm³/mol. The van der Waals surface area contributed by atoms with Crippen molar-refractivity contribution in [2.45, 2.75) is 32.1 Å².